The van der Waals surface area contributed by atoms with Crippen LogP contribution in [0.4, 0.5) is 11.5 Å². The van der Waals surface area contributed by atoms with Gasteiger partial charge in [0.25, 0.3) is 0 Å². The van der Waals surface area contributed by atoms with Crippen LogP contribution < -0.4 is 15.4 Å². The van der Waals surface area contributed by atoms with Crippen LogP contribution in [0.5, 0.6) is 5.88 Å². The standard InChI is InChI=1S/C15H25N3O2/c1-11(2)20-15-13(16)7-8-14(17-15)18-9-5-3-4-6-12(18)10-19/h7-8,11-12,19H,3-6,9-10,16H2,1-2H3. The molecule has 1 fully saturated rings. The molecule has 0 spiro atoms. The van der Waals surface area contributed by atoms with Gasteiger partial charge in [-0.15, -0.1) is 0 Å². The highest BCUT2D eigenvalue weighted by Gasteiger charge is 2.22. The first-order chi connectivity index (χ1) is 9.61. The minimum atomic E-state index is 0.0397. The number of ether oxygens (including phenoxy) is 1. The Morgan fingerprint density at radius 2 is 2.20 bits per heavy atom. The summed E-state index contributed by atoms with van der Waals surface area (Å²) in [6.45, 7) is 4.99. The topological polar surface area (TPSA) is 71.6 Å². The van der Waals surface area contributed by atoms with E-state index in [0.29, 0.717) is 11.6 Å². The first-order valence-corrected chi connectivity index (χ1v) is 7.42. The molecule has 0 saturated carbocycles. The van der Waals surface area contributed by atoms with Gasteiger partial charge in [0.2, 0.25) is 5.88 Å². The summed E-state index contributed by atoms with van der Waals surface area (Å²) >= 11 is 0. The molecule has 0 bridgehead atoms. The van der Waals surface area contributed by atoms with E-state index in [-0.39, 0.29) is 18.8 Å². The zero-order chi connectivity index (χ0) is 14.5. The summed E-state index contributed by atoms with van der Waals surface area (Å²) < 4.78 is 5.65. The molecule has 112 valence electrons. The highest BCUT2D eigenvalue weighted by Crippen LogP contribution is 2.28. The summed E-state index contributed by atoms with van der Waals surface area (Å²) in [5, 5.41) is 9.59. The molecule has 3 N–H and O–H groups in total. The maximum absolute atomic E-state index is 9.59. The highest BCUT2D eigenvalue weighted by atomic mass is 16.5. The number of aliphatic hydroxyl groups excluding tert-OH is 1. The fourth-order valence-corrected chi connectivity index (χ4v) is 2.59. The first kappa shape index (κ1) is 14.9. The lowest BCUT2D eigenvalue weighted by Crippen LogP contribution is -2.38. The van der Waals surface area contributed by atoms with Crippen molar-refractivity contribution in [1.29, 1.82) is 0 Å². The number of nitrogen functional groups attached to an aromatic ring is 1. The summed E-state index contributed by atoms with van der Waals surface area (Å²) in [5.74, 6) is 1.33. The Hall–Kier alpha value is -1.49. The summed E-state index contributed by atoms with van der Waals surface area (Å²) in [6.07, 6.45) is 4.53. The zero-order valence-corrected chi connectivity index (χ0v) is 12.4. The van der Waals surface area contributed by atoms with E-state index < -0.39 is 0 Å². The molecule has 5 nitrogen and oxygen atoms in total. The summed E-state index contributed by atoms with van der Waals surface area (Å²) in [5.41, 5.74) is 6.46. The number of aliphatic hydroxyl groups is 1. The Balaban J connectivity index is 2.25. The third-order valence-electron chi connectivity index (χ3n) is 3.60. The van der Waals surface area contributed by atoms with Crippen LogP contribution in [0.25, 0.3) is 0 Å². The molecule has 1 aromatic heterocycles. The summed E-state index contributed by atoms with van der Waals surface area (Å²) in [7, 11) is 0. The largest absolute Gasteiger partial charge is 0.473 e. The van der Waals surface area contributed by atoms with Gasteiger partial charge in [0.15, 0.2) is 0 Å². The van der Waals surface area contributed by atoms with E-state index in [9.17, 15) is 5.11 Å². The highest BCUT2D eigenvalue weighted by molar-refractivity contribution is 5.55. The minimum Gasteiger partial charge on any atom is -0.473 e. The van der Waals surface area contributed by atoms with E-state index in [4.69, 9.17) is 10.5 Å². The number of pyridine rings is 1. The Bertz CT molecular complexity index is 437. The van der Waals surface area contributed by atoms with E-state index in [1.807, 2.05) is 26.0 Å². The normalized spacial score (nSPS) is 20.0. The van der Waals surface area contributed by atoms with Crippen LogP contribution in [0.2, 0.25) is 0 Å². The van der Waals surface area contributed by atoms with Crippen LogP contribution >= 0.6 is 0 Å². The van der Waals surface area contributed by atoms with E-state index in [1.165, 1.54) is 6.42 Å². The van der Waals surface area contributed by atoms with Gasteiger partial charge in [-0.05, 0) is 38.8 Å². The van der Waals surface area contributed by atoms with E-state index in [2.05, 4.69) is 9.88 Å². The molecule has 0 radical (unpaired) electrons. The van der Waals surface area contributed by atoms with Crippen molar-refractivity contribution < 1.29 is 9.84 Å². The predicted octanol–water partition coefficient (Wildman–Crippen LogP) is 2.19. The van der Waals surface area contributed by atoms with Gasteiger partial charge in [-0.1, -0.05) is 12.8 Å². The first-order valence-electron chi connectivity index (χ1n) is 7.42. The van der Waals surface area contributed by atoms with Crippen molar-refractivity contribution in [2.45, 2.75) is 51.7 Å². The predicted molar refractivity (Wildman–Crippen MR) is 81.1 cm³/mol. The second-order valence-corrected chi connectivity index (χ2v) is 5.61. The smallest absolute Gasteiger partial charge is 0.239 e. The second-order valence-electron chi connectivity index (χ2n) is 5.61. The van der Waals surface area contributed by atoms with Crippen molar-refractivity contribution >= 4 is 11.5 Å². The summed E-state index contributed by atoms with van der Waals surface area (Å²) in [6, 6.07) is 3.89. The molecule has 1 unspecified atom stereocenters. The maximum Gasteiger partial charge on any atom is 0.239 e. The molecule has 1 atom stereocenters. The zero-order valence-electron chi connectivity index (χ0n) is 12.4. The van der Waals surface area contributed by atoms with E-state index in [1.54, 1.807) is 0 Å². The van der Waals surface area contributed by atoms with Gasteiger partial charge in [-0.3, -0.25) is 0 Å². The molecular formula is C15H25N3O2. The van der Waals surface area contributed by atoms with Crippen LogP contribution in [0.3, 0.4) is 0 Å². The van der Waals surface area contributed by atoms with Crippen molar-refractivity contribution in [3.05, 3.63) is 12.1 Å². The lowest BCUT2D eigenvalue weighted by atomic mass is 10.1. The molecule has 1 aliphatic rings. The Morgan fingerprint density at radius 1 is 1.40 bits per heavy atom. The molecule has 1 aromatic rings. The average molecular weight is 279 g/mol. The van der Waals surface area contributed by atoms with Crippen LogP contribution in [0.15, 0.2) is 12.1 Å². The second kappa shape index (κ2) is 6.79. The van der Waals surface area contributed by atoms with Gasteiger partial charge in [-0.2, -0.15) is 4.98 Å². The Kier molecular flexibility index (Phi) is 5.06. The van der Waals surface area contributed by atoms with E-state index in [0.717, 1.165) is 31.6 Å². The van der Waals surface area contributed by atoms with Crippen molar-refractivity contribution in [1.82, 2.24) is 4.98 Å². The van der Waals surface area contributed by atoms with Crippen LogP contribution in [-0.4, -0.2) is 35.4 Å². The number of anilines is 2. The monoisotopic (exact) mass is 279 g/mol. The minimum absolute atomic E-state index is 0.0397. The third-order valence-corrected chi connectivity index (χ3v) is 3.60. The fraction of sp³-hybridized carbons (Fsp3) is 0.667. The maximum atomic E-state index is 9.59. The number of hydrogen-bond donors (Lipinski definition) is 2. The van der Waals surface area contributed by atoms with Gasteiger partial charge in [0.1, 0.15) is 5.82 Å². The molecular weight excluding hydrogens is 254 g/mol. The molecule has 0 aliphatic carbocycles. The number of nitrogens with zero attached hydrogens (tertiary/aromatic N) is 2. The van der Waals surface area contributed by atoms with Gasteiger partial charge >= 0.3 is 0 Å². The van der Waals surface area contributed by atoms with Crippen molar-refractivity contribution in [2.24, 2.45) is 0 Å². The molecule has 2 rings (SSSR count). The Labute approximate surface area is 120 Å². The van der Waals surface area contributed by atoms with Crippen LogP contribution in [-0.2, 0) is 0 Å². The van der Waals surface area contributed by atoms with Gasteiger partial charge in [0.05, 0.1) is 24.4 Å². The number of nitrogens with two attached hydrogens (primary N) is 1. The number of rotatable bonds is 4. The van der Waals surface area contributed by atoms with E-state index >= 15 is 0 Å². The van der Waals surface area contributed by atoms with Crippen molar-refractivity contribution in [3.63, 3.8) is 0 Å². The molecule has 20 heavy (non-hydrogen) atoms. The molecule has 1 saturated heterocycles. The lowest BCUT2D eigenvalue weighted by molar-refractivity contribution is 0.233. The van der Waals surface area contributed by atoms with Crippen molar-refractivity contribution in [3.8, 4) is 5.88 Å². The molecule has 1 aliphatic heterocycles. The summed E-state index contributed by atoms with van der Waals surface area (Å²) in [4.78, 5) is 6.72. The third kappa shape index (κ3) is 3.54. The number of hydrogen-bond acceptors (Lipinski definition) is 5. The van der Waals surface area contributed by atoms with Gasteiger partial charge < -0.3 is 20.5 Å². The molecule has 2 heterocycles. The lowest BCUT2D eigenvalue weighted by Gasteiger charge is -2.30. The van der Waals surface area contributed by atoms with Crippen molar-refractivity contribution in [2.75, 3.05) is 23.8 Å². The average Bonchev–Trinajstić information content (AvgIpc) is 2.66. The molecule has 5 heteroatoms. The molecule has 0 aromatic carbocycles. The Morgan fingerprint density at radius 3 is 2.90 bits per heavy atom. The van der Waals surface area contributed by atoms with Crippen LogP contribution in [0.1, 0.15) is 39.5 Å². The number of aromatic nitrogens is 1. The van der Waals surface area contributed by atoms with Gasteiger partial charge in [-0.25, -0.2) is 0 Å². The van der Waals surface area contributed by atoms with Gasteiger partial charge in [0, 0.05) is 6.54 Å². The quantitative estimate of drug-likeness (QED) is 0.884. The van der Waals surface area contributed by atoms with Crippen LogP contribution in [0, 0.1) is 0 Å². The molecule has 0 amide bonds. The SMILES string of the molecule is CC(C)Oc1nc(N2CCCCCC2CO)ccc1N. The fourth-order valence-electron chi connectivity index (χ4n) is 2.59.